The zero-order chi connectivity index (χ0) is 14.4. The van der Waals surface area contributed by atoms with Gasteiger partial charge >= 0.3 is 0 Å². The molecule has 1 aromatic carbocycles. The first-order valence-corrected chi connectivity index (χ1v) is 7.84. The average Bonchev–Trinajstić information content (AvgIpc) is 2.69. The molecule has 1 saturated heterocycles. The van der Waals surface area contributed by atoms with Gasteiger partial charge in [0.2, 0.25) is 0 Å². The molecule has 1 aliphatic heterocycles. The van der Waals surface area contributed by atoms with Crippen molar-refractivity contribution >= 4 is 6.08 Å². The Hall–Kier alpha value is -1.12. The summed E-state index contributed by atoms with van der Waals surface area (Å²) in [5.41, 5.74) is 5.51. The minimum atomic E-state index is 1.14. The molecule has 2 heteroatoms. The summed E-state index contributed by atoms with van der Waals surface area (Å²) >= 11 is 0. The summed E-state index contributed by atoms with van der Waals surface area (Å²) in [6.07, 6.45) is 7.04. The van der Waals surface area contributed by atoms with E-state index in [1.54, 1.807) is 0 Å². The Kier molecular flexibility index (Phi) is 5.81. The predicted octanol–water partition coefficient (Wildman–Crippen LogP) is 3.31. The van der Waals surface area contributed by atoms with E-state index in [-0.39, 0.29) is 0 Å². The quantitative estimate of drug-likeness (QED) is 0.904. The molecule has 0 aliphatic carbocycles. The standard InChI is InChI=1S/C18H28N2/c1-15-13-17(3)18(14-16(15)2)7-4-5-10-20-11-6-8-19-9-12-20/h4,7,13-14,19H,5-6,8-12H2,1-3H3/b7-4+. The van der Waals surface area contributed by atoms with Gasteiger partial charge in [-0.2, -0.15) is 0 Å². The van der Waals surface area contributed by atoms with E-state index < -0.39 is 0 Å². The van der Waals surface area contributed by atoms with Crippen molar-refractivity contribution < 1.29 is 0 Å². The highest BCUT2D eigenvalue weighted by Gasteiger charge is 2.06. The molecular weight excluding hydrogens is 244 g/mol. The largest absolute Gasteiger partial charge is 0.315 e. The minimum Gasteiger partial charge on any atom is -0.315 e. The van der Waals surface area contributed by atoms with Crippen LogP contribution in [0.15, 0.2) is 18.2 Å². The summed E-state index contributed by atoms with van der Waals surface area (Å²) < 4.78 is 0. The van der Waals surface area contributed by atoms with E-state index in [4.69, 9.17) is 0 Å². The molecule has 1 aliphatic rings. The molecule has 0 amide bonds. The first-order chi connectivity index (χ1) is 9.66. The molecule has 20 heavy (non-hydrogen) atoms. The van der Waals surface area contributed by atoms with Crippen molar-refractivity contribution in [3.8, 4) is 0 Å². The molecule has 0 unspecified atom stereocenters. The number of hydrogen-bond donors (Lipinski definition) is 1. The lowest BCUT2D eigenvalue weighted by Crippen LogP contribution is -2.28. The average molecular weight is 272 g/mol. The number of rotatable bonds is 4. The van der Waals surface area contributed by atoms with Crippen LogP contribution in [0.5, 0.6) is 0 Å². The van der Waals surface area contributed by atoms with Gasteiger partial charge in [-0.1, -0.05) is 24.3 Å². The lowest BCUT2D eigenvalue weighted by molar-refractivity contribution is 0.298. The fourth-order valence-electron chi connectivity index (χ4n) is 2.76. The van der Waals surface area contributed by atoms with Crippen LogP contribution in [0.4, 0.5) is 0 Å². The maximum atomic E-state index is 3.45. The third-order valence-corrected chi connectivity index (χ3v) is 4.22. The van der Waals surface area contributed by atoms with E-state index in [1.165, 1.54) is 54.9 Å². The van der Waals surface area contributed by atoms with Gasteiger partial charge in [0.1, 0.15) is 0 Å². The highest BCUT2D eigenvalue weighted by atomic mass is 15.1. The van der Waals surface area contributed by atoms with E-state index >= 15 is 0 Å². The molecule has 0 aromatic heterocycles. The highest BCUT2D eigenvalue weighted by molar-refractivity contribution is 5.56. The van der Waals surface area contributed by atoms with E-state index in [0.29, 0.717) is 0 Å². The van der Waals surface area contributed by atoms with Crippen LogP contribution >= 0.6 is 0 Å². The van der Waals surface area contributed by atoms with Gasteiger partial charge < -0.3 is 10.2 Å². The highest BCUT2D eigenvalue weighted by Crippen LogP contribution is 2.16. The number of hydrogen-bond acceptors (Lipinski definition) is 2. The maximum Gasteiger partial charge on any atom is 0.0107 e. The summed E-state index contributed by atoms with van der Waals surface area (Å²) in [4.78, 5) is 2.57. The Morgan fingerprint density at radius 3 is 2.70 bits per heavy atom. The van der Waals surface area contributed by atoms with Gasteiger partial charge in [0.25, 0.3) is 0 Å². The molecule has 0 atom stereocenters. The third kappa shape index (κ3) is 4.46. The zero-order valence-electron chi connectivity index (χ0n) is 13.2. The van der Waals surface area contributed by atoms with Crippen LogP contribution in [0, 0.1) is 20.8 Å². The van der Waals surface area contributed by atoms with Gasteiger partial charge in [-0.05, 0) is 69.0 Å². The summed E-state index contributed by atoms with van der Waals surface area (Å²) in [7, 11) is 0. The second-order valence-corrected chi connectivity index (χ2v) is 5.93. The summed E-state index contributed by atoms with van der Waals surface area (Å²) in [6.45, 7) is 12.5. The van der Waals surface area contributed by atoms with Crippen molar-refractivity contribution in [2.75, 3.05) is 32.7 Å². The topological polar surface area (TPSA) is 15.3 Å². The Morgan fingerprint density at radius 2 is 1.85 bits per heavy atom. The van der Waals surface area contributed by atoms with Crippen LogP contribution in [0.2, 0.25) is 0 Å². The molecule has 0 saturated carbocycles. The van der Waals surface area contributed by atoms with Crippen LogP contribution in [-0.4, -0.2) is 37.6 Å². The molecule has 1 N–H and O–H groups in total. The fourth-order valence-corrected chi connectivity index (χ4v) is 2.76. The van der Waals surface area contributed by atoms with Gasteiger partial charge in [-0.25, -0.2) is 0 Å². The molecular formula is C18H28N2. The van der Waals surface area contributed by atoms with Crippen molar-refractivity contribution in [1.29, 1.82) is 0 Å². The van der Waals surface area contributed by atoms with E-state index in [9.17, 15) is 0 Å². The molecule has 2 rings (SSSR count). The number of benzene rings is 1. The molecule has 0 radical (unpaired) electrons. The molecule has 1 fully saturated rings. The van der Waals surface area contributed by atoms with E-state index in [0.717, 1.165) is 13.0 Å². The fraction of sp³-hybridized carbons (Fsp3) is 0.556. The first kappa shape index (κ1) is 15.3. The summed E-state index contributed by atoms with van der Waals surface area (Å²) in [5, 5.41) is 3.45. The molecule has 110 valence electrons. The van der Waals surface area contributed by atoms with Crippen LogP contribution in [0.25, 0.3) is 6.08 Å². The van der Waals surface area contributed by atoms with Crippen LogP contribution in [0.1, 0.15) is 35.1 Å². The lowest BCUT2D eigenvalue weighted by Gasteiger charge is -2.18. The Labute approximate surface area is 123 Å². The van der Waals surface area contributed by atoms with E-state index in [1.807, 2.05) is 0 Å². The number of aryl methyl sites for hydroxylation is 3. The Morgan fingerprint density at radius 1 is 1.05 bits per heavy atom. The summed E-state index contributed by atoms with van der Waals surface area (Å²) in [6, 6.07) is 4.59. The van der Waals surface area contributed by atoms with Crippen molar-refractivity contribution in [3.05, 3.63) is 40.5 Å². The van der Waals surface area contributed by atoms with Crippen LogP contribution < -0.4 is 5.32 Å². The second kappa shape index (κ2) is 7.61. The number of nitrogens with zero attached hydrogens (tertiary/aromatic N) is 1. The molecule has 2 nitrogen and oxygen atoms in total. The van der Waals surface area contributed by atoms with Gasteiger partial charge in [0.15, 0.2) is 0 Å². The van der Waals surface area contributed by atoms with Gasteiger partial charge in [-0.3, -0.25) is 0 Å². The molecule has 0 spiro atoms. The SMILES string of the molecule is Cc1cc(C)c(/C=C/CCN2CCCNCC2)cc1C. The van der Waals surface area contributed by atoms with Gasteiger partial charge in [0.05, 0.1) is 0 Å². The molecule has 0 bridgehead atoms. The monoisotopic (exact) mass is 272 g/mol. The second-order valence-electron chi connectivity index (χ2n) is 5.93. The van der Waals surface area contributed by atoms with Crippen molar-refractivity contribution in [1.82, 2.24) is 10.2 Å². The van der Waals surface area contributed by atoms with E-state index in [2.05, 4.69) is 55.3 Å². The van der Waals surface area contributed by atoms with Gasteiger partial charge in [0, 0.05) is 19.6 Å². The number of nitrogens with one attached hydrogen (secondary N) is 1. The van der Waals surface area contributed by atoms with Crippen molar-refractivity contribution in [2.45, 2.75) is 33.6 Å². The normalized spacial score (nSPS) is 17.6. The van der Waals surface area contributed by atoms with Crippen LogP contribution in [-0.2, 0) is 0 Å². The first-order valence-electron chi connectivity index (χ1n) is 7.84. The predicted molar refractivity (Wildman–Crippen MR) is 88.2 cm³/mol. The minimum absolute atomic E-state index is 1.14. The van der Waals surface area contributed by atoms with Gasteiger partial charge in [-0.15, -0.1) is 0 Å². The van der Waals surface area contributed by atoms with Crippen molar-refractivity contribution in [2.24, 2.45) is 0 Å². The lowest BCUT2D eigenvalue weighted by atomic mass is 10.0. The smallest absolute Gasteiger partial charge is 0.0107 e. The Balaban J connectivity index is 1.85. The molecule has 1 aromatic rings. The van der Waals surface area contributed by atoms with Crippen molar-refractivity contribution in [3.63, 3.8) is 0 Å². The van der Waals surface area contributed by atoms with Crippen LogP contribution in [0.3, 0.4) is 0 Å². The zero-order valence-corrected chi connectivity index (χ0v) is 13.2. The summed E-state index contributed by atoms with van der Waals surface area (Å²) in [5.74, 6) is 0. The molecule has 1 heterocycles. The third-order valence-electron chi connectivity index (χ3n) is 4.22. The Bertz CT molecular complexity index is 455. The maximum absolute atomic E-state index is 3.45.